The van der Waals surface area contributed by atoms with Crippen molar-refractivity contribution in [3.63, 3.8) is 0 Å². The molecule has 5 aromatic rings. The van der Waals surface area contributed by atoms with Crippen molar-refractivity contribution in [2.45, 2.75) is 25.5 Å². The third-order valence-electron chi connectivity index (χ3n) is 6.90. The van der Waals surface area contributed by atoms with Gasteiger partial charge in [0.1, 0.15) is 22.8 Å². The molecule has 0 bridgehead atoms. The molecule has 12 nitrogen and oxygen atoms in total. The van der Waals surface area contributed by atoms with Crippen LogP contribution in [-0.4, -0.2) is 71.7 Å². The Bertz CT molecular complexity index is 1690. The second-order valence-electron chi connectivity index (χ2n) is 9.79. The SMILES string of the molecule is CN1CCC(n2cc(Oc3ccc(OC(F)F)c(-c4nn(C)cc4NC(=O)c4cnn5cccnc45)c3)cn2)CC1. The number of amides is 1. The van der Waals surface area contributed by atoms with E-state index in [9.17, 15) is 13.6 Å². The van der Waals surface area contributed by atoms with Crippen LogP contribution in [0.4, 0.5) is 14.5 Å². The number of halogens is 2. The average molecular weight is 564 g/mol. The van der Waals surface area contributed by atoms with Gasteiger partial charge in [-0.2, -0.15) is 24.1 Å². The fraction of sp³-hybridized carbons (Fsp3) is 0.296. The summed E-state index contributed by atoms with van der Waals surface area (Å²) in [6.07, 6.45) is 11.6. The number of likely N-dealkylation sites (tertiary alicyclic amines) is 1. The largest absolute Gasteiger partial charge is 0.454 e. The number of fused-ring (bicyclic) bond motifs is 1. The van der Waals surface area contributed by atoms with Crippen molar-refractivity contribution in [3.8, 4) is 28.5 Å². The topological polar surface area (TPSA) is 117 Å². The third kappa shape index (κ3) is 5.59. The van der Waals surface area contributed by atoms with Crippen molar-refractivity contribution in [1.82, 2.24) is 39.1 Å². The van der Waals surface area contributed by atoms with Crippen LogP contribution in [0.1, 0.15) is 29.2 Å². The van der Waals surface area contributed by atoms with Crippen LogP contribution in [0, 0.1) is 0 Å². The van der Waals surface area contributed by atoms with Gasteiger partial charge in [0.05, 0.1) is 35.9 Å². The van der Waals surface area contributed by atoms with E-state index in [1.165, 1.54) is 27.5 Å². The highest BCUT2D eigenvalue weighted by atomic mass is 19.3. The summed E-state index contributed by atoms with van der Waals surface area (Å²) in [5.41, 5.74) is 1.31. The van der Waals surface area contributed by atoms with E-state index < -0.39 is 12.5 Å². The molecule has 5 heterocycles. The fourth-order valence-electron chi connectivity index (χ4n) is 4.88. The Labute approximate surface area is 233 Å². The van der Waals surface area contributed by atoms with Gasteiger partial charge in [-0.05, 0) is 57.2 Å². The lowest BCUT2D eigenvalue weighted by atomic mass is 10.1. The summed E-state index contributed by atoms with van der Waals surface area (Å²) in [5.74, 6) is 0.256. The van der Waals surface area contributed by atoms with Crippen LogP contribution in [0.5, 0.6) is 17.2 Å². The number of rotatable bonds is 8. The van der Waals surface area contributed by atoms with Crippen LogP contribution in [0.3, 0.4) is 0 Å². The zero-order valence-electron chi connectivity index (χ0n) is 22.3. The van der Waals surface area contributed by atoms with Gasteiger partial charge in [-0.25, -0.2) is 9.50 Å². The van der Waals surface area contributed by atoms with Crippen LogP contribution in [0.25, 0.3) is 16.9 Å². The number of hydrogen-bond donors (Lipinski definition) is 1. The molecule has 0 atom stereocenters. The highest BCUT2D eigenvalue weighted by Gasteiger charge is 2.23. The van der Waals surface area contributed by atoms with E-state index in [2.05, 4.69) is 37.5 Å². The van der Waals surface area contributed by atoms with Crippen molar-refractivity contribution in [2.75, 3.05) is 25.5 Å². The fourth-order valence-corrected chi connectivity index (χ4v) is 4.88. The van der Waals surface area contributed by atoms with Crippen LogP contribution < -0.4 is 14.8 Å². The van der Waals surface area contributed by atoms with Crippen molar-refractivity contribution in [1.29, 1.82) is 0 Å². The predicted molar refractivity (Wildman–Crippen MR) is 144 cm³/mol. The first kappa shape index (κ1) is 26.4. The van der Waals surface area contributed by atoms with Crippen LogP contribution in [0.2, 0.25) is 0 Å². The number of nitrogens with one attached hydrogen (secondary N) is 1. The number of aryl methyl sites for hydroxylation is 1. The quantitative estimate of drug-likeness (QED) is 0.298. The van der Waals surface area contributed by atoms with Gasteiger partial charge in [-0.15, -0.1) is 0 Å². The summed E-state index contributed by atoms with van der Waals surface area (Å²) in [6.45, 7) is -1.08. The lowest BCUT2D eigenvalue weighted by Crippen LogP contribution is -2.31. The average Bonchev–Trinajstić information content (AvgIpc) is 3.68. The van der Waals surface area contributed by atoms with Crippen molar-refractivity contribution < 1.29 is 23.0 Å². The van der Waals surface area contributed by atoms with Gasteiger partial charge in [0.25, 0.3) is 5.91 Å². The number of carbonyl (C=O) groups excluding carboxylic acids is 1. The molecule has 1 aromatic carbocycles. The molecule has 1 N–H and O–H groups in total. The number of benzene rings is 1. The smallest absolute Gasteiger partial charge is 0.387 e. The first-order chi connectivity index (χ1) is 19.8. The van der Waals surface area contributed by atoms with Gasteiger partial charge < -0.3 is 19.7 Å². The summed E-state index contributed by atoms with van der Waals surface area (Å²) in [6, 6.07) is 6.43. The molecule has 1 saturated heterocycles. The maximum Gasteiger partial charge on any atom is 0.387 e. The molecule has 1 fully saturated rings. The molecule has 4 aromatic heterocycles. The molecule has 14 heteroatoms. The van der Waals surface area contributed by atoms with E-state index in [0.717, 1.165) is 25.9 Å². The standard InChI is InChI=1S/C27H27F2N9O3/c1-35-10-6-17(7-11-35)38-15-19(13-31-38)40-18-4-5-23(41-27(28)29)20(12-18)24-22(16-36(2)34-24)33-26(39)21-14-32-37-9-3-8-30-25(21)37/h3-5,8-9,12-17,27H,6-7,10-11H2,1-2H3,(H,33,39). The Morgan fingerprint density at radius 3 is 2.73 bits per heavy atom. The van der Waals surface area contributed by atoms with Gasteiger partial charge in [0, 0.05) is 25.6 Å². The minimum atomic E-state index is -3.07. The van der Waals surface area contributed by atoms with E-state index in [0.29, 0.717) is 17.1 Å². The minimum absolute atomic E-state index is 0.124. The molecular formula is C27H27F2N9O3. The highest BCUT2D eigenvalue weighted by Crippen LogP contribution is 2.39. The Hall–Kier alpha value is -4.85. The Morgan fingerprint density at radius 2 is 1.93 bits per heavy atom. The zero-order chi connectivity index (χ0) is 28.5. The number of hydrogen-bond acceptors (Lipinski definition) is 8. The molecule has 0 unspecified atom stereocenters. The molecule has 0 radical (unpaired) electrons. The van der Waals surface area contributed by atoms with Crippen molar-refractivity contribution in [2.24, 2.45) is 7.05 Å². The van der Waals surface area contributed by atoms with E-state index in [1.54, 1.807) is 44.0 Å². The number of carbonyl (C=O) groups is 1. The lowest BCUT2D eigenvalue weighted by molar-refractivity contribution is -0.0494. The number of alkyl halides is 2. The number of piperidine rings is 1. The molecular weight excluding hydrogens is 536 g/mol. The van der Waals surface area contributed by atoms with Gasteiger partial charge in [-0.3, -0.25) is 14.2 Å². The van der Waals surface area contributed by atoms with Crippen LogP contribution in [-0.2, 0) is 7.05 Å². The molecule has 0 aliphatic carbocycles. The van der Waals surface area contributed by atoms with Gasteiger partial charge in [0.15, 0.2) is 11.4 Å². The number of aromatic nitrogens is 7. The summed E-state index contributed by atoms with van der Waals surface area (Å²) in [5, 5.41) is 15.8. The van der Waals surface area contributed by atoms with E-state index in [1.807, 2.05) is 10.9 Å². The normalized spacial score (nSPS) is 14.6. The number of anilines is 1. The molecule has 1 aliphatic rings. The van der Waals surface area contributed by atoms with E-state index in [-0.39, 0.29) is 34.3 Å². The number of nitrogens with zero attached hydrogens (tertiary/aromatic N) is 8. The van der Waals surface area contributed by atoms with Gasteiger partial charge in [-0.1, -0.05) is 0 Å². The van der Waals surface area contributed by atoms with Crippen LogP contribution >= 0.6 is 0 Å². The summed E-state index contributed by atoms with van der Waals surface area (Å²) < 4.78 is 42.4. The Morgan fingerprint density at radius 1 is 1.10 bits per heavy atom. The summed E-state index contributed by atoms with van der Waals surface area (Å²) >= 11 is 0. The monoisotopic (exact) mass is 563 g/mol. The Kier molecular flexibility index (Phi) is 7.05. The number of ether oxygens (including phenoxy) is 2. The summed E-state index contributed by atoms with van der Waals surface area (Å²) in [7, 11) is 3.75. The second kappa shape index (κ2) is 11.0. The zero-order valence-corrected chi connectivity index (χ0v) is 22.3. The molecule has 6 rings (SSSR count). The Balaban J connectivity index is 1.29. The van der Waals surface area contributed by atoms with Crippen LogP contribution in [0.15, 0.2) is 61.4 Å². The first-order valence-electron chi connectivity index (χ1n) is 13.0. The van der Waals surface area contributed by atoms with Crippen molar-refractivity contribution in [3.05, 3.63) is 67.0 Å². The molecule has 1 amide bonds. The molecule has 0 saturated carbocycles. The molecule has 212 valence electrons. The van der Waals surface area contributed by atoms with Gasteiger partial charge in [0.2, 0.25) is 0 Å². The van der Waals surface area contributed by atoms with E-state index >= 15 is 0 Å². The van der Waals surface area contributed by atoms with Gasteiger partial charge >= 0.3 is 6.61 Å². The first-order valence-corrected chi connectivity index (χ1v) is 13.0. The maximum absolute atomic E-state index is 13.3. The maximum atomic E-state index is 13.3. The predicted octanol–water partition coefficient (Wildman–Crippen LogP) is 4.24. The third-order valence-corrected chi connectivity index (χ3v) is 6.90. The minimum Gasteiger partial charge on any atom is -0.454 e. The van der Waals surface area contributed by atoms with E-state index in [4.69, 9.17) is 9.47 Å². The lowest BCUT2D eigenvalue weighted by Gasteiger charge is -2.28. The van der Waals surface area contributed by atoms with Crippen molar-refractivity contribution >= 4 is 17.2 Å². The second-order valence-corrected chi connectivity index (χ2v) is 9.79. The summed E-state index contributed by atoms with van der Waals surface area (Å²) in [4.78, 5) is 19.7. The highest BCUT2D eigenvalue weighted by molar-refractivity contribution is 6.09. The molecule has 1 aliphatic heterocycles. The molecule has 41 heavy (non-hydrogen) atoms. The molecule has 0 spiro atoms.